The maximum atomic E-state index is 12.9. The fraction of sp³-hybridized carbons (Fsp3) is 0.263. The van der Waals surface area contributed by atoms with Gasteiger partial charge in [0.1, 0.15) is 29.5 Å². The number of hydrogen-bond acceptors (Lipinski definition) is 4. The van der Waals surface area contributed by atoms with Gasteiger partial charge in [-0.05, 0) is 48.9 Å². The van der Waals surface area contributed by atoms with Gasteiger partial charge in [0, 0.05) is 0 Å². The molecule has 1 saturated heterocycles. The van der Waals surface area contributed by atoms with Crippen LogP contribution >= 0.6 is 0 Å². The van der Waals surface area contributed by atoms with E-state index in [0.717, 1.165) is 4.90 Å². The maximum Gasteiger partial charge on any atom is 0.387 e. The number of amides is 3. The molecule has 1 aliphatic heterocycles. The fourth-order valence-corrected chi connectivity index (χ4v) is 2.85. The number of nitrogens with one attached hydrogen (secondary N) is 1. The predicted octanol–water partition coefficient (Wildman–Crippen LogP) is 3.27. The quantitative estimate of drug-likeness (QED) is 0.732. The van der Waals surface area contributed by atoms with Gasteiger partial charge in [0.25, 0.3) is 5.91 Å². The molecule has 0 radical (unpaired) electrons. The summed E-state index contributed by atoms with van der Waals surface area (Å²) in [7, 11) is 0. The molecule has 0 saturated carbocycles. The molecular formula is C19H17F3N2O4. The SMILES string of the molecule is C[C@]1(c2ccc(OC(F)F)cc2)NC(=O)N(CCOc2ccc(F)cc2)C1=O. The second kappa shape index (κ2) is 7.79. The van der Waals surface area contributed by atoms with Crippen LogP contribution in [0.3, 0.4) is 0 Å². The molecule has 0 aromatic heterocycles. The topological polar surface area (TPSA) is 67.9 Å². The number of imide groups is 1. The number of carbonyl (C=O) groups is 2. The van der Waals surface area contributed by atoms with Crippen molar-refractivity contribution in [2.75, 3.05) is 13.2 Å². The van der Waals surface area contributed by atoms with E-state index < -0.39 is 29.9 Å². The van der Waals surface area contributed by atoms with Crippen LogP contribution in [-0.2, 0) is 10.3 Å². The van der Waals surface area contributed by atoms with Crippen molar-refractivity contribution in [3.05, 3.63) is 59.9 Å². The lowest BCUT2D eigenvalue weighted by Gasteiger charge is -2.22. The predicted molar refractivity (Wildman–Crippen MR) is 92.6 cm³/mol. The lowest BCUT2D eigenvalue weighted by molar-refractivity contribution is -0.131. The zero-order valence-corrected chi connectivity index (χ0v) is 14.8. The van der Waals surface area contributed by atoms with Crippen molar-refractivity contribution in [1.29, 1.82) is 0 Å². The largest absolute Gasteiger partial charge is 0.492 e. The molecule has 1 fully saturated rings. The van der Waals surface area contributed by atoms with Crippen LogP contribution in [0, 0.1) is 5.82 Å². The van der Waals surface area contributed by atoms with Gasteiger partial charge in [0.05, 0.1) is 6.54 Å². The summed E-state index contributed by atoms with van der Waals surface area (Å²) >= 11 is 0. The highest BCUT2D eigenvalue weighted by Gasteiger charge is 2.48. The molecule has 3 amide bonds. The van der Waals surface area contributed by atoms with Crippen molar-refractivity contribution < 1.29 is 32.2 Å². The lowest BCUT2D eigenvalue weighted by atomic mass is 9.92. The van der Waals surface area contributed by atoms with Crippen molar-refractivity contribution in [3.63, 3.8) is 0 Å². The number of halogens is 3. The van der Waals surface area contributed by atoms with Crippen LogP contribution in [0.1, 0.15) is 12.5 Å². The normalized spacial score (nSPS) is 19.1. The van der Waals surface area contributed by atoms with Crippen LogP contribution in [0.5, 0.6) is 11.5 Å². The molecule has 2 aromatic carbocycles. The maximum absolute atomic E-state index is 12.9. The first-order valence-electron chi connectivity index (χ1n) is 8.37. The van der Waals surface area contributed by atoms with Crippen LogP contribution in [-0.4, -0.2) is 36.6 Å². The van der Waals surface area contributed by atoms with Crippen LogP contribution < -0.4 is 14.8 Å². The Bertz CT molecular complexity index is 858. The minimum atomic E-state index is -2.95. The van der Waals surface area contributed by atoms with E-state index in [9.17, 15) is 22.8 Å². The summed E-state index contributed by atoms with van der Waals surface area (Å²) in [6.07, 6.45) is 0. The van der Waals surface area contributed by atoms with Gasteiger partial charge in [-0.3, -0.25) is 9.69 Å². The van der Waals surface area contributed by atoms with Gasteiger partial charge in [0.15, 0.2) is 0 Å². The van der Waals surface area contributed by atoms with Crippen molar-refractivity contribution in [2.24, 2.45) is 0 Å². The summed E-state index contributed by atoms with van der Waals surface area (Å²) in [5.41, 5.74) is -0.912. The van der Waals surface area contributed by atoms with E-state index in [1.165, 1.54) is 55.5 Å². The molecule has 6 nitrogen and oxygen atoms in total. The molecule has 1 N–H and O–H groups in total. The zero-order chi connectivity index (χ0) is 20.3. The van der Waals surface area contributed by atoms with E-state index in [1.54, 1.807) is 0 Å². The number of benzene rings is 2. The first kappa shape index (κ1) is 19.5. The first-order chi connectivity index (χ1) is 13.3. The van der Waals surface area contributed by atoms with E-state index in [0.29, 0.717) is 11.3 Å². The number of carbonyl (C=O) groups excluding carboxylic acids is 2. The minimum absolute atomic E-state index is 0.00971. The van der Waals surface area contributed by atoms with Gasteiger partial charge >= 0.3 is 12.6 Å². The van der Waals surface area contributed by atoms with Crippen molar-refractivity contribution >= 4 is 11.9 Å². The van der Waals surface area contributed by atoms with Crippen molar-refractivity contribution in [2.45, 2.75) is 19.1 Å². The summed E-state index contributed by atoms with van der Waals surface area (Å²) in [5.74, 6) is -0.542. The van der Waals surface area contributed by atoms with Gasteiger partial charge in [-0.15, -0.1) is 0 Å². The number of nitrogens with zero attached hydrogens (tertiary/aromatic N) is 1. The highest BCUT2D eigenvalue weighted by Crippen LogP contribution is 2.30. The molecule has 0 unspecified atom stereocenters. The number of ether oxygens (including phenoxy) is 2. The van der Waals surface area contributed by atoms with Crippen LogP contribution in [0.15, 0.2) is 48.5 Å². The average molecular weight is 394 g/mol. The molecule has 1 atom stereocenters. The summed E-state index contributed by atoms with van der Waals surface area (Å²) in [5, 5.41) is 2.61. The summed E-state index contributed by atoms with van der Waals surface area (Å²) in [4.78, 5) is 26.0. The molecule has 0 bridgehead atoms. The minimum Gasteiger partial charge on any atom is -0.492 e. The third-order valence-electron chi connectivity index (χ3n) is 4.33. The van der Waals surface area contributed by atoms with E-state index >= 15 is 0 Å². The molecule has 0 aliphatic carbocycles. The second-order valence-electron chi connectivity index (χ2n) is 6.22. The molecule has 1 aliphatic rings. The Morgan fingerprint density at radius 2 is 1.64 bits per heavy atom. The van der Waals surface area contributed by atoms with Crippen LogP contribution in [0.25, 0.3) is 0 Å². The smallest absolute Gasteiger partial charge is 0.387 e. The molecule has 3 rings (SSSR count). The second-order valence-corrected chi connectivity index (χ2v) is 6.22. The molecule has 28 heavy (non-hydrogen) atoms. The first-order valence-corrected chi connectivity index (χ1v) is 8.37. The molecule has 9 heteroatoms. The number of rotatable bonds is 7. The highest BCUT2D eigenvalue weighted by atomic mass is 19.3. The lowest BCUT2D eigenvalue weighted by Crippen LogP contribution is -2.41. The van der Waals surface area contributed by atoms with Crippen molar-refractivity contribution in [3.8, 4) is 11.5 Å². The molecule has 2 aromatic rings. The average Bonchev–Trinajstić information content (AvgIpc) is 2.87. The van der Waals surface area contributed by atoms with Crippen molar-refractivity contribution in [1.82, 2.24) is 10.2 Å². The Morgan fingerprint density at radius 3 is 2.25 bits per heavy atom. The molecule has 0 spiro atoms. The number of urea groups is 1. The van der Waals surface area contributed by atoms with Crippen LogP contribution in [0.4, 0.5) is 18.0 Å². The Hall–Kier alpha value is -3.23. The van der Waals surface area contributed by atoms with Gasteiger partial charge < -0.3 is 14.8 Å². The molecular weight excluding hydrogens is 377 g/mol. The molecule has 148 valence electrons. The standard InChI is InChI=1S/C19H17F3N2O4/c1-19(12-2-6-15(7-3-12)28-17(21)22)16(25)24(18(26)23-19)10-11-27-14-8-4-13(20)5-9-14/h2-9,17H,10-11H2,1H3,(H,23,26)/t19-/m1/s1. The van der Waals surface area contributed by atoms with Gasteiger partial charge in [0.2, 0.25) is 0 Å². The Morgan fingerprint density at radius 1 is 1.04 bits per heavy atom. The van der Waals surface area contributed by atoms with Gasteiger partial charge in [-0.25, -0.2) is 9.18 Å². The van der Waals surface area contributed by atoms with Gasteiger partial charge in [-0.2, -0.15) is 8.78 Å². The zero-order valence-electron chi connectivity index (χ0n) is 14.8. The Balaban J connectivity index is 1.65. The number of alkyl halides is 2. The summed E-state index contributed by atoms with van der Waals surface area (Å²) < 4.78 is 47.1. The van der Waals surface area contributed by atoms with E-state index in [-0.39, 0.29) is 18.9 Å². The summed E-state index contributed by atoms with van der Waals surface area (Å²) in [6, 6.07) is 10.2. The monoisotopic (exact) mass is 394 g/mol. The Kier molecular flexibility index (Phi) is 5.43. The fourth-order valence-electron chi connectivity index (χ4n) is 2.85. The molecule has 1 heterocycles. The number of hydrogen-bond donors (Lipinski definition) is 1. The van der Waals surface area contributed by atoms with Crippen LogP contribution in [0.2, 0.25) is 0 Å². The van der Waals surface area contributed by atoms with E-state index in [4.69, 9.17) is 4.74 Å². The third kappa shape index (κ3) is 4.03. The van der Waals surface area contributed by atoms with E-state index in [2.05, 4.69) is 10.1 Å². The Labute approximate surface area is 158 Å². The third-order valence-corrected chi connectivity index (χ3v) is 4.33. The van der Waals surface area contributed by atoms with Gasteiger partial charge in [-0.1, -0.05) is 12.1 Å². The summed E-state index contributed by atoms with van der Waals surface area (Å²) in [6.45, 7) is -1.41. The van der Waals surface area contributed by atoms with E-state index in [1.807, 2.05) is 0 Å². The highest BCUT2D eigenvalue weighted by molar-refractivity contribution is 6.07.